The molecule has 1 aliphatic heterocycles. The van der Waals surface area contributed by atoms with Crippen LogP contribution in [0.15, 0.2) is 24.3 Å². The van der Waals surface area contributed by atoms with Crippen LogP contribution >= 0.6 is 0 Å². The van der Waals surface area contributed by atoms with E-state index in [-0.39, 0.29) is 11.8 Å². The summed E-state index contributed by atoms with van der Waals surface area (Å²) in [4.78, 5) is 25.8. The Morgan fingerprint density at radius 3 is 2.25 bits per heavy atom. The Morgan fingerprint density at radius 1 is 1.00 bits per heavy atom. The Balaban J connectivity index is 1.59. The first-order valence-electron chi connectivity index (χ1n) is 9.19. The number of esters is 1. The third-order valence-electron chi connectivity index (χ3n) is 4.47. The smallest absolute Gasteiger partial charge is 0.305 e. The van der Waals surface area contributed by atoms with E-state index in [2.05, 4.69) is 17.0 Å². The Kier molecular flexibility index (Phi) is 7.96. The molecule has 1 heterocycles. The molecule has 1 aromatic rings. The molecule has 132 valence electrons. The lowest BCUT2D eigenvalue weighted by Gasteiger charge is -2.30. The molecule has 0 radical (unpaired) electrons. The summed E-state index contributed by atoms with van der Waals surface area (Å²) in [5.41, 5.74) is 2.10. The molecule has 1 aromatic carbocycles. The number of ketones is 1. The lowest BCUT2D eigenvalue weighted by atomic mass is 10.0. The first-order valence-corrected chi connectivity index (χ1v) is 9.19. The molecule has 0 aromatic heterocycles. The van der Waals surface area contributed by atoms with Gasteiger partial charge in [-0.2, -0.15) is 0 Å². The van der Waals surface area contributed by atoms with Gasteiger partial charge in [0, 0.05) is 24.9 Å². The molecule has 0 aliphatic carbocycles. The maximum Gasteiger partial charge on any atom is 0.305 e. The lowest BCUT2D eigenvalue weighted by Crippen LogP contribution is -2.36. The molecule has 2 rings (SSSR count). The van der Waals surface area contributed by atoms with Crippen molar-refractivity contribution < 1.29 is 14.3 Å². The van der Waals surface area contributed by atoms with Crippen LogP contribution in [0, 0.1) is 0 Å². The Labute approximate surface area is 145 Å². The molecule has 4 nitrogen and oxygen atoms in total. The summed E-state index contributed by atoms with van der Waals surface area (Å²) in [7, 11) is 0. The van der Waals surface area contributed by atoms with Gasteiger partial charge in [0.1, 0.15) is 0 Å². The Bertz CT molecular complexity index is 520. The van der Waals surface area contributed by atoms with Crippen LogP contribution in [0.25, 0.3) is 0 Å². The van der Waals surface area contributed by atoms with Crippen LogP contribution in [0.5, 0.6) is 0 Å². The molecule has 1 aliphatic rings. The van der Waals surface area contributed by atoms with E-state index >= 15 is 0 Å². The number of nitrogens with zero attached hydrogens (tertiary/aromatic N) is 1. The van der Waals surface area contributed by atoms with E-state index in [9.17, 15) is 9.59 Å². The van der Waals surface area contributed by atoms with Crippen molar-refractivity contribution in [2.24, 2.45) is 0 Å². The number of likely N-dealkylation sites (tertiary alicyclic amines) is 1. The number of rotatable bonds is 11. The molecule has 0 bridgehead atoms. The fraction of sp³-hybridized carbons (Fsp3) is 0.600. The van der Waals surface area contributed by atoms with Crippen molar-refractivity contribution in [3.8, 4) is 0 Å². The molecule has 0 spiro atoms. The molecular weight excluding hydrogens is 302 g/mol. The number of benzene rings is 1. The standard InChI is InChI=1S/C20H29NO3/c1-2-24-20(23)9-6-4-3-5-8-19(22)18-12-10-17(11-13-18)16-21-14-7-15-21/h10-13H,2-9,14-16H2,1H3. The summed E-state index contributed by atoms with van der Waals surface area (Å²) in [5, 5.41) is 0. The molecule has 0 unspecified atom stereocenters. The van der Waals surface area contributed by atoms with Crippen molar-refractivity contribution in [3.05, 3.63) is 35.4 Å². The number of unbranched alkanes of at least 4 members (excludes halogenated alkanes) is 3. The molecule has 24 heavy (non-hydrogen) atoms. The van der Waals surface area contributed by atoms with Gasteiger partial charge in [-0.25, -0.2) is 0 Å². The molecule has 0 amide bonds. The van der Waals surface area contributed by atoms with Gasteiger partial charge in [0.2, 0.25) is 0 Å². The minimum atomic E-state index is -0.119. The number of carbonyl (C=O) groups is 2. The first kappa shape index (κ1) is 18.7. The van der Waals surface area contributed by atoms with Gasteiger partial charge in [0.05, 0.1) is 6.61 Å². The second-order valence-corrected chi connectivity index (χ2v) is 6.47. The van der Waals surface area contributed by atoms with Crippen LogP contribution in [-0.4, -0.2) is 36.3 Å². The van der Waals surface area contributed by atoms with Gasteiger partial charge in [-0.15, -0.1) is 0 Å². The van der Waals surface area contributed by atoms with Crippen molar-refractivity contribution in [2.75, 3.05) is 19.7 Å². The second kappa shape index (κ2) is 10.2. The summed E-state index contributed by atoms with van der Waals surface area (Å²) in [6.45, 7) is 5.65. The summed E-state index contributed by atoms with van der Waals surface area (Å²) in [6.07, 6.45) is 6.07. The zero-order valence-corrected chi connectivity index (χ0v) is 14.8. The molecule has 4 heteroatoms. The third kappa shape index (κ3) is 6.44. The average molecular weight is 331 g/mol. The highest BCUT2D eigenvalue weighted by molar-refractivity contribution is 5.96. The summed E-state index contributed by atoms with van der Waals surface area (Å²) >= 11 is 0. The quantitative estimate of drug-likeness (QED) is 0.349. The van der Waals surface area contributed by atoms with Crippen LogP contribution in [0.4, 0.5) is 0 Å². The van der Waals surface area contributed by atoms with Crippen molar-refractivity contribution in [1.29, 1.82) is 0 Å². The van der Waals surface area contributed by atoms with Crippen LogP contribution in [-0.2, 0) is 16.1 Å². The zero-order chi connectivity index (χ0) is 17.2. The molecular formula is C20H29NO3. The van der Waals surface area contributed by atoms with E-state index in [4.69, 9.17) is 4.74 Å². The van der Waals surface area contributed by atoms with Crippen molar-refractivity contribution in [3.63, 3.8) is 0 Å². The second-order valence-electron chi connectivity index (χ2n) is 6.47. The van der Waals surface area contributed by atoms with Crippen molar-refractivity contribution in [2.45, 2.75) is 58.4 Å². The highest BCUT2D eigenvalue weighted by atomic mass is 16.5. The lowest BCUT2D eigenvalue weighted by molar-refractivity contribution is -0.143. The summed E-state index contributed by atoms with van der Waals surface area (Å²) < 4.78 is 4.89. The Morgan fingerprint density at radius 2 is 1.67 bits per heavy atom. The molecule has 1 fully saturated rings. The first-order chi connectivity index (χ1) is 11.7. The maximum absolute atomic E-state index is 12.2. The number of Topliss-reactive ketones (excluding diaryl/α,β-unsaturated/α-hetero) is 1. The minimum Gasteiger partial charge on any atom is -0.466 e. The Hall–Kier alpha value is -1.68. The third-order valence-corrected chi connectivity index (χ3v) is 4.47. The predicted molar refractivity (Wildman–Crippen MR) is 95.0 cm³/mol. The highest BCUT2D eigenvalue weighted by Gasteiger charge is 2.14. The van der Waals surface area contributed by atoms with Gasteiger partial charge >= 0.3 is 5.97 Å². The van der Waals surface area contributed by atoms with Gasteiger partial charge in [-0.1, -0.05) is 37.1 Å². The minimum absolute atomic E-state index is 0.119. The van der Waals surface area contributed by atoms with E-state index in [1.165, 1.54) is 25.1 Å². The van der Waals surface area contributed by atoms with Crippen LogP contribution in [0.3, 0.4) is 0 Å². The molecule has 1 saturated heterocycles. The largest absolute Gasteiger partial charge is 0.466 e. The van der Waals surface area contributed by atoms with E-state index in [1.54, 1.807) is 0 Å². The molecule has 0 atom stereocenters. The van der Waals surface area contributed by atoms with Crippen LogP contribution in [0.1, 0.15) is 67.8 Å². The normalized spacial score (nSPS) is 14.2. The van der Waals surface area contributed by atoms with Crippen molar-refractivity contribution in [1.82, 2.24) is 4.90 Å². The van der Waals surface area contributed by atoms with E-state index in [0.29, 0.717) is 19.4 Å². The highest BCUT2D eigenvalue weighted by Crippen LogP contribution is 2.15. The monoisotopic (exact) mass is 331 g/mol. The zero-order valence-electron chi connectivity index (χ0n) is 14.8. The number of carbonyl (C=O) groups excluding carboxylic acids is 2. The summed E-state index contributed by atoms with van der Waals surface area (Å²) in [5.74, 6) is 0.0998. The summed E-state index contributed by atoms with van der Waals surface area (Å²) in [6, 6.07) is 8.06. The van der Waals surface area contributed by atoms with E-state index in [1.807, 2.05) is 19.1 Å². The maximum atomic E-state index is 12.2. The fourth-order valence-corrected chi connectivity index (χ4v) is 2.88. The average Bonchev–Trinajstić information content (AvgIpc) is 2.55. The van der Waals surface area contributed by atoms with Gasteiger partial charge < -0.3 is 4.74 Å². The SMILES string of the molecule is CCOC(=O)CCCCCCC(=O)c1ccc(CN2CCC2)cc1. The van der Waals surface area contributed by atoms with Gasteiger partial charge in [-0.3, -0.25) is 14.5 Å². The van der Waals surface area contributed by atoms with Gasteiger partial charge in [-0.05, 0) is 44.8 Å². The van der Waals surface area contributed by atoms with E-state index < -0.39 is 0 Å². The van der Waals surface area contributed by atoms with Crippen LogP contribution < -0.4 is 0 Å². The predicted octanol–water partition coefficient (Wildman–Crippen LogP) is 3.98. The van der Waals surface area contributed by atoms with Gasteiger partial charge in [0.25, 0.3) is 0 Å². The molecule has 0 N–H and O–H groups in total. The number of hydrogen-bond acceptors (Lipinski definition) is 4. The van der Waals surface area contributed by atoms with Crippen LogP contribution in [0.2, 0.25) is 0 Å². The topological polar surface area (TPSA) is 46.6 Å². The van der Waals surface area contributed by atoms with E-state index in [0.717, 1.165) is 37.8 Å². The number of ether oxygens (including phenoxy) is 1. The number of hydrogen-bond donors (Lipinski definition) is 0. The molecule has 0 saturated carbocycles. The fourth-order valence-electron chi connectivity index (χ4n) is 2.88. The van der Waals surface area contributed by atoms with Gasteiger partial charge in [0.15, 0.2) is 5.78 Å². The van der Waals surface area contributed by atoms with Crippen molar-refractivity contribution >= 4 is 11.8 Å².